The SMILES string of the molecule is O=P(OC(O)(O)C(O)O)(OC(O)(O)C(O)O)OC(O)(O)C(O)O. The molecule has 0 atom stereocenters. The second-order valence-electron chi connectivity index (χ2n) is 3.82. The van der Waals surface area contributed by atoms with Gasteiger partial charge in [-0.15, -0.1) is 0 Å². The summed E-state index contributed by atoms with van der Waals surface area (Å²) in [5, 5.41) is 105. The summed E-state index contributed by atoms with van der Waals surface area (Å²) >= 11 is 0. The molecule has 16 nitrogen and oxygen atoms in total. The number of aliphatic hydroxyl groups is 12. The van der Waals surface area contributed by atoms with Gasteiger partial charge in [0.15, 0.2) is 0 Å². The van der Waals surface area contributed by atoms with Crippen LogP contribution in [0.4, 0.5) is 0 Å². The van der Waals surface area contributed by atoms with Gasteiger partial charge < -0.3 is 61.3 Å². The minimum Gasteiger partial charge on any atom is -0.362 e. The molecule has 0 rings (SSSR count). The lowest BCUT2D eigenvalue weighted by molar-refractivity contribution is -0.428. The molecule has 12 N–H and O–H groups in total. The quantitative estimate of drug-likeness (QED) is 0.132. The molecule has 0 fully saturated rings. The molecule has 0 aliphatic heterocycles. The number of hydrogen-bond donors (Lipinski definition) is 12. The van der Waals surface area contributed by atoms with Crippen LogP contribution in [0, 0.1) is 0 Å². The van der Waals surface area contributed by atoms with Gasteiger partial charge in [-0.2, -0.15) is 0 Å². The topological polar surface area (TPSA) is 288 Å². The first kappa shape index (κ1) is 22.6. The lowest BCUT2D eigenvalue weighted by Crippen LogP contribution is -2.50. The number of rotatable bonds is 9. The molecule has 23 heavy (non-hydrogen) atoms. The minimum atomic E-state index is -6.21. The van der Waals surface area contributed by atoms with Crippen molar-refractivity contribution in [2.45, 2.75) is 36.8 Å². The molecule has 0 radical (unpaired) electrons. The Bertz CT molecular complexity index is 364. The summed E-state index contributed by atoms with van der Waals surface area (Å²) in [6.07, 6.45) is -9.88. The molecule has 0 spiro atoms. The smallest absolute Gasteiger partial charge is 0.362 e. The van der Waals surface area contributed by atoms with E-state index in [9.17, 15) is 4.57 Å². The van der Waals surface area contributed by atoms with Gasteiger partial charge in [-0.3, -0.25) is 0 Å². The van der Waals surface area contributed by atoms with Gasteiger partial charge in [0.05, 0.1) is 0 Å². The molecule has 0 unspecified atom stereocenters. The molecule has 0 bridgehead atoms. The largest absolute Gasteiger partial charge is 0.488 e. The number of phosphoric acid groups is 1. The summed E-state index contributed by atoms with van der Waals surface area (Å²) in [7, 11) is -6.21. The van der Waals surface area contributed by atoms with Crippen LogP contribution in [0.2, 0.25) is 0 Å². The van der Waals surface area contributed by atoms with Crippen LogP contribution in [-0.2, 0) is 18.1 Å². The second-order valence-corrected chi connectivity index (χ2v) is 5.26. The van der Waals surface area contributed by atoms with E-state index in [0.29, 0.717) is 0 Å². The Morgan fingerprint density at radius 3 is 0.870 bits per heavy atom. The van der Waals surface area contributed by atoms with Crippen molar-refractivity contribution in [1.82, 2.24) is 0 Å². The predicted octanol–water partition coefficient (Wildman–Crippen LogP) is -7.01. The van der Waals surface area contributed by atoms with Gasteiger partial charge in [0, 0.05) is 0 Å². The highest BCUT2D eigenvalue weighted by Crippen LogP contribution is 2.56. The van der Waals surface area contributed by atoms with Gasteiger partial charge >= 0.3 is 25.7 Å². The number of phosphoric ester groups is 1. The third kappa shape index (κ3) is 6.57. The summed E-state index contributed by atoms with van der Waals surface area (Å²) in [6.45, 7) is 0. The fraction of sp³-hybridized carbons (Fsp3) is 1.00. The molecule has 0 aromatic heterocycles. The molecule has 0 aromatic carbocycles. The van der Waals surface area contributed by atoms with Gasteiger partial charge in [0.2, 0.25) is 18.9 Å². The third-order valence-electron chi connectivity index (χ3n) is 1.75. The van der Waals surface area contributed by atoms with Crippen molar-refractivity contribution in [1.29, 1.82) is 0 Å². The monoisotopic (exact) mass is 374 g/mol. The molecule has 140 valence electrons. The highest BCUT2D eigenvalue weighted by molar-refractivity contribution is 7.48. The van der Waals surface area contributed by atoms with Crippen molar-refractivity contribution in [3.8, 4) is 0 Å². The zero-order valence-corrected chi connectivity index (χ0v) is 11.6. The first-order chi connectivity index (χ1) is 9.95. The Morgan fingerprint density at radius 2 is 0.739 bits per heavy atom. The van der Waals surface area contributed by atoms with Crippen LogP contribution in [0.1, 0.15) is 0 Å². The number of hydrogen-bond acceptors (Lipinski definition) is 16. The van der Waals surface area contributed by atoms with Crippen molar-refractivity contribution >= 4 is 7.82 Å². The molecule has 0 saturated heterocycles. The van der Waals surface area contributed by atoms with Gasteiger partial charge in [0.25, 0.3) is 0 Å². The summed E-state index contributed by atoms with van der Waals surface area (Å²) in [4.78, 5) is 0. The van der Waals surface area contributed by atoms with Crippen LogP contribution in [0.25, 0.3) is 0 Å². The molecule has 0 aliphatic carbocycles. The first-order valence-electron chi connectivity index (χ1n) is 5.10. The minimum absolute atomic E-state index is 3.29. The van der Waals surface area contributed by atoms with Crippen LogP contribution >= 0.6 is 7.82 Å². The predicted molar refractivity (Wildman–Crippen MR) is 57.0 cm³/mol. The Balaban J connectivity index is 5.67. The van der Waals surface area contributed by atoms with E-state index in [1.54, 1.807) is 0 Å². The number of aliphatic hydroxyl groups excluding tert-OH is 3. The second kappa shape index (κ2) is 7.25. The van der Waals surface area contributed by atoms with Crippen LogP contribution < -0.4 is 0 Å². The Kier molecular flexibility index (Phi) is 7.13. The van der Waals surface area contributed by atoms with Crippen LogP contribution in [-0.4, -0.2) is 98.1 Å². The Labute approximate surface area is 125 Å². The third-order valence-corrected chi connectivity index (χ3v) is 3.22. The van der Waals surface area contributed by atoms with E-state index in [0.717, 1.165) is 0 Å². The van der Waals surface area contributed by atoms with Gasteiger partial charge in [-0.25, -0.2) is 18.1 Å². The van der Waals surface area contributed by atoms with Crippen LogP contribution in [0.15, 0.2) is 0 Å². The van der Waals surface area contributed by atoms with E-state index in [1.807, 2.05) is 0 Å². The molecule has 0 heterocycles. The fourth-order valence-electron chi connectivity index (χ4n) is 0.691. The molecule has 0 amide bonds. The van der Waals surface area contributed by atoms with Crippen molar-refractivity contribution < 1.29 is 79.4 Å². The standard InChI is InChI=1S/C6H15O16P/c7-1(8)4(13,14)20-23(19,21-5(15,16)2(9)10)22-6(17,18)3(11)12/h1-3,7-18H. The summed E-state index contributed by atoms with van der Waals surface area (Å²) in [6, 6.07) is 0. The highest BCUT2D eigenvalue weighted by Gasteiger charge is 2.55. The molecule has 0 aromatic rings. The van der Waals surface area contributed by atoms with E-state index in [2.05, 4.69) is 13.6 Å². The lowest BCUT2D eigenvalue weighted by Gasteiger charge is -2.34. The molecular formula is C6H15O16P. The van der Waals surface area contributed by atoms with Crippen molar-refractivity contribution in [3.63, 3.8) is 0 Å². The molecule has 0 saturated carbocycles. The zero-order valence-electron chi connectivity index (χ0n) is 10.7. The summed E-state index contributed by atoms with van der Waals surface area (Å²) in [5.74, 6) is -12.8. The van der Waals surface area contributed by atoms with E-state index in [4.69, 9.17) is 61.3 Å². The Hall–Kier alpha value is -0.370. The lowest BCUT2D eigenvalue weighted by atomic mass is 10.5. The van der Waals surface area contributed by atoms with E-state index in [1.165, 1.54) is 0 Å². The van der Waals surface area contributed by atoms with Gasteiger partial charge in [-0.1, -0.05) is 0 Å². The van der Waals surface area contributed by atoms with Crippen LogP contribution in [0.3, 0.4) is 0 Å². The first-order valence-corrected chi connectivity index (χ1v) is 6.56. The normalized spacial score (nSPS) is 15.1. The van der Waals surface area contributed by atoms with Crippen molar-refractivity contribution in [2.75, 3.05) is 0 Å². The zero-order chi connectivity index (χ0) is 18.9. The van der Waals surface area contributed by atoms with E-state index in [-0.39, 0.29) is 0 Å². The average Bonchev–Trinajstić information content (AvgIpc) is 2.24. The van der Waals surface area contributed by atoms with Gasteiger partial charge in [0.1, 0.15) is 0 Å². The summed E-state index contributed by atoms with van der Waals surface area (Å²) < 4.78 is 22.4. The van der Waals surface area contributed by atoms with Gasteiger partial charge in [-0.05, 0) is 0 Å². The highest BCUT2D eigenvalue weighted by atomic mass is 31.2. The molecule has 0 aliphatic rings. The molecular weight excluding hydrogens is 359 g/mol. The summed E-state index contributed by atoms with van der Waals surface area (Å²) in [5.41, 5.74) is 0. The maximum atomic E-state index is 11.9. The fourth-order valence-corrected chi connectivity index (χ4v) is 2.07. The maximum absolute atomic E-state index is 11.9. The van der Waals surface area contributed by atoms with Crippen molar-refractivity contribution in [2.24, 2.45) is 0 Å². The van der Waals surface area contributed by atoms with E-state index < -0.39 is 44.6 Å². The average molecular weight is 374 g/mol. The van der Waals surface area contributed by atoms with Crippen LogP contribution in [0.5, 0.6) is 0 Å². The maximum Gasteiger partial charge on any atom is 0.488 e. The molecule has 17 heteroatoms. The van der Waals surface area contributed by atoms with Crippen molar-refractivity contribution in [3.05, 3.63) is 0 Å². The Morgan fingerprint density at radius 1 is 0.565 bits per heavy atom. The van der Waals surface area contributed by atoms with E-state index >= 15 is 0 Å².